The van der Waals surface area contributed by atoms with Gasteiger partial charge in [0, 0.05) is 18.0 Å². The summed E-state index contributed by atoms with van der Waals surface area (Å²) in [7, 11) is 0. The van der Waals surface area contributed by atoms with Crippen LogP contribution < -0.4 is 5.32 Å². The molecule has 0 bridgehead atoms. The van der Waals surface area contributed by atoms with E-state index >= 15 is 0 Å². The molecule has 0 aliphatic carbocycles. The molecule has 0 aliphatic rings. The van der Waals surface area contributed by atoms with E-state index in [1.807, 2.05) is 0 Å². The first-order valence-electron chi connectivity index (χ1n) is 4.55. The molecule has 15 heavy (non-hydrogen) atoms. The van der Waals surface area contributed by atoms with E-state index in [0.717, 1.165) is 6.21 Å². The largest absolute Gasteiger partial charge is 0.389 e. The van der Waals surface area contributed by atoms with Crippen molar-refractivity contribution in [1.82, 2.24) is 0 Å². The van der Waals surface area contributed by atoms with Crippen LogP contribution in [0.25, 0.3) is 0 Å². The molecular weight excluding hydrogens is 195 g/mol. The molecule has 0 saturated heterocycles. The number of aliphatic hydroxyl groups is 1. The quantitative estimate of drug-likeness (QED) is 0.664. The van der Waals surface area contributed by atoms with E-state index in [9.17, 15) is 9.50 Å². The summed E-state index contributed by atoms with van der Waals surface area (Å²) in [5, 5.41) is 18.9. The number of hydrogen-bond acceptors (Lipinski definition) is 3. The molecule has 0 spiro atoms. The molecule has 0 aromatic heterocycles. The lowest BCUT2D eigenvalue weighted by molar-refractivity contribution is 0.238. The van der Waals surface area contributed by atoms with Gasteiger partial charge in [-0.3, -0.25) is 0 Å². The van der Waals surface area contributed by atoms with Gasteiger partial charge in [0.2, 0.25) is 0 Å². The summed E-state index contributed by atoms with van der Waals surface area (Å²) in [4.78, 5) is 0. The van der Waals surface area contributed by atoms with Crippen molar-refractivity contribution in [2.45, 2.75) is 13.0 Å². The number of nitrogens with one attached hydrogen (secondary N) is 2. The summed E-state index contributed by atoms with van der Waals surface area (Å²) >= 11 is 0. The molecule has 0 saturated carbocycles. The second-order valence-corrected chi connectivity index (χ2v) is 3.09. The third kappa shape index (κ3) is 3.18. The second-order valence-electron chi connectivity index (χ2n) is 3.09. The van der Waals surface area contributed by atoms with Crippen LogP contribution in [-0.2, 0) is 0 Å². The van der Waals surface area contributed by atoms with Gasteiger partial charge in [0.05, 0.1) is 11.8 Å². The predicted octanol–water partition coefficient (Wildman–Crippen LogP) is 2.15. The summed E-state index contributed by atoms with van der Waals surface area (Å²) in [6.45, 7) is 1.54. The number of hydrogen-bond donors (Lipinski definition) is 3. The summed E-state index contributed by atoms with van der Waals surface area (Å²) in [5.41, 5.74) is 0.704. The lowest BCUT2D eigenvalue weighted by atomic mass is 10.2. The van der Waals surface area contributed by atoms with Crippen LogP contribution in [-0.4, -0.2) is 17.4 Å². The number of rotatable bonds is 4. The minimum atomic E-state index is -0.748. The van der Waals surface area contributed by atoms with E-state index in [-0.39, 0.29) is 5.82 Å². The molecule has 0 aliphatic heterocycles. The molecule has 1 aromatic carbocycles. The van der Waals surface area contributed by atoms with Gasteiger partial charge in [0.25, 0.3) is 0 Å². The molecule has 0 heterocycles. The van der Waals surface area contributed by atoms with E-state index in [2.05, 4.69) is 5.32 Å². The van der Waals surface area contributed by atoms with Crippen LogP contribution in [0.4, 0.5) is 10.1 Å². The molecule has 1 aromatic rings. The lowest BCUT2D eigenvalue weighted by Crippen LogP contribution is -2.07. The van der Waals surface area contributed by atoms with E-state index in [0.29, 0.717) is 11.3 Å². The van der Waals surface area contributed by atoms with Gasteiger partial charge in [-0.05, 0) is 19.1 Å². The van der Waals surface area contributed by atoms with Crippen LogP contribution in [0.3, 0.4) is 0 Å². The first-order chi connectivity index (χ1) is 7.15. The third-order valence-corrected chi connectivity index (χ3v) is 1.92. The van der Waals surface area contributed by atoms with Crippen LogP contribution in [0.15, 0.2) is 36.0 Å². The SMILES string of the molecule is CC(O)/C(C=N)=C/Nc1ccccc1F. The Hall–Kier alpha value is -1.68. The highest BCUT2D eigenvalue weighted by atomic mass is 19.1. The Kier molecular flexibility index (Phi) is 4.00. The highest BCUT2D eigenvalue weighted by Gasteiger charge is 2.02. The number of benzene rings is 1. The summed E-state index contributed by atoms with van der Waals surface area (Å²) in [6.07, 6.45) is 1.69. The monoisotopic (exact) mass is 208 g/mol. The van der Waals surface area contributed by atoms with Crippen LogP contribution in [0, 0.1) is 11.2 Å². The molecule has 0 radical (unpaired) electrons. The van der Waals surface area contributed by atoms with Gasteiger partial charge in [-0.15, -0.1) is 0 Å². The van der Waals surface area contributed by atoms with Crippen molar-refractivity contribution in [3.8, 4) is 0 Å². The Balaban J connectivity index is 2.79. The molecular formula is C11H13FN2O. The van der Waals surface area contributed by atoms with Crippen molar-refractivity contribution in [3.63, 3.8) is 0 Å². The van der Waals surface area contributed by atoms with Crippen molar-refractivity contribution in [1.29, 1.82) is 5.41 Å². The Bertz CT molecular complexity index is 375. The molecule has 0 fully saturated rings. The minimum absolute atomic E-state index is 0.317. The molecule has 1 rings (SSSR count). The van der Waals surface area contributed by atoms with Crippen LogP contribution in [0.2, 0.25) is 0 Å². The van der Waals surface area contributed by atoms with Crippen molar-refractivity contribution < 1.29 is 9.50 Å². The normalized spacial score (nSPS) is 13.4. The molecule has 3 N–H and O–H groups in total. The van der Waals surface area contributed by atoms with Gasteiger partial charge in [-0.25, -0.2) is 4.39 Å². The van der Waals surface area contributed by atoms with Crippen LogP contribution >= 0.6 is 0 Å². The molecule has 0 amide bonds. The number of halogens is 1. The summed E-state index contributed by atoms with van der Waals surface area (Å²) in [5.74, 6) is -0.372. The average molecular weight is 208 g/mol. The Morgan fingerprint density at radius 3 is 2.73 bits per heavy atom. The number of anilines is 1. The van der Waals surface area contributed by atoms with Crippen LogP contribution in [0.1, 0.15) is 6.92 Å². The maximum Gasteiger partial charge on any atom is 0.146 e. The van der Waals surface area contributed by atoms with Crippen molar-refractivity contribution in [2.24, 2.45) is 0 Å². The number of aliphatic hydroxyl groups excluding tert-OH is 1. The zero-order chi connectivity index (χ0) is 11.3. The van der Waals surface area contributed by atoms with E-state index in [1.54, 1.807) is 25.1 Å². The Labute approximate surface area is 87.8 Å². The van der Waals surface area contributed by atoms with Gasteiger partial charge in [-0.1, -0.05) is 12.1 Å². The van der Waals surface area contributed by atoms with Gasteiger partial charge in [0.15, 0.2) is 0 Å². The fraction of sp³-hybridized carbons (Fsp3) is 0.182. The Morgan fingerprint density at radius 1 is 1.53 bits per heavy atom. The molecule has 80 valence electrons. The smallest absolute Gasteiger partial charge is 0.146 e. The average Bonchev–Trinajstić information content (AvgIpc) is 2.21. The maximum absolute atomic E-state index is 13.1. The standard InChI is InChI=1S/C11H13FN2O/c1-8(15)9(6-13)7-14-11-5-3-2-4-10(11)12/h2-8,13-15H,1H3/b9-7+,13-6?. The zero-order valence-corrected chi connectivity index (χ0v) is 8.37. The fourth-order valence-electron chi connectivity index (χ4n) is 1.02. The molecule has 1 unspecified atom stereocenters. The molecule has 1 atom stereocenters. The van der Waals surface area contributed by atoms with Crippen molar-refractivity contribution >= 4 is 11.9 Å². The van der Waals surface area contributed by atoms with Gasteiger partial charge in [-0.2, -0.15) is 0 Å². The molecule has 4 heteroatoms. The first kappa shape index (κ1) is 11.4. The second kappa shape index (κ2) is 5.26. The van der Waals surface area contributed by atoms with E-state index in [4.69, 9.17) is 5.41 Å². The van der Waals surface area contributed by atoms with Gasteiger partial charge >= 0.3 is 0 Å². The topological polar surface area (TPSA) is 56.1 Å². The highest BCUT2D eigenvalue weighted by Crippen LogP contribution is 2.12. The van der Waals surface area contributed by atoms with E-state index in [1.165, 1.54) is 12.3 Å². The zero-order valence-electron chi connectivity index (χ0n) is 8.37. The predicted molar refractivity (Wildman–Crippen MR) is 58.6 cm³/mol. The maximum atomic E-state index is 13.1. The molecule has 3 nitrogen and oxygen atoms in total. The third-order valence-electron chi connectivity index (χ3n) is 1.92. The Morgan fingerprint density at radius 2 is 2.20 bits per heavy atom. The van der Waals surface area contributed by atoms with Crippen molar-refractivity contribution in [2.75, 3.05) is 5.32 Å². The fourth-order valence-corrected chi connectivity index (χ4v) is 1.02. The lowest BCUT2D eigenvalue weighted by Gasteiger charge is -2.06. The van der Waals surface area contributed by atoms with E-state index < -0.39 is 6.10 Å². The van der Waals surface area contributed by atoms with Crippen molar-refractivity contribution in [3.05, 3.63) is 41.9 Å². The highest BCUT2D eigenvalue weighted by molar-refractivity contribution is 5.77. The minimum Gasteiger partial charge on any atom is -0.389 e. The first-order valence-corrected chi connectivity index (χ1v) is 4.55. The van der Waals surface area contributed by atoms with Gasteiger partial charge in [0.1, 0.15) is 5.82 Å². The summed E-state index contributed by atoms with van der Waals surface area (Å²) < 4.78 is 13.1. The van der Waals surface area contributed by atoms with Gasteiger partial charge < -0.3 is 15.8 Å². The number of para-hydroxylation sites is 1. The van der Waals surface area contributed by atoms with Crippen LogP contribution in [0.5, 0.6) is 0 Å². The summed E-state index contributed by atoms with van der Waals surface area (Å²) in [6, 6.07) is 6.21.